The van der Waals surface area contributed by atoms with Gasteiger partial charge in [-0.3, -0.25) is 15.0 Å². The lowest BCUT2D eigenvalue weighted by Gasteiger charge is -2.34. The first-order valence-electron chi connectivity index (χ1n) is 12.2. The molecule has 0 saturated carbocycles. The van der Waals surface area contributed by atoms with Crippen LogP contribution in [-0.4, -0.2) is 65.5 Å². The van der Waals surface area contributed by atoms with E-state index in [0.717, 1.165) is 46.7 Å². The summed E-state index contributed by atoms with van der Waals surface area (Å²) in [5, 5.41) is 8.54. The van der Waals surface area contributed by atoms with E-state index < -0.39 is 0 Å². The van der Waals surface area contributed by atoms with Gasteiger partial charge in [-0.2, -0.15) is 5.10 Å². The molecule has 0 radical (unpaired) electrons. The number of halogens is 1. The van der Waals surface area contributed by atoms with E-state index in [1.807, 2.05) is 6.07 Å². The minimum Gasteiger partial charge on any atom is -0.493 e. The molecule has 35 heavy (non-hydrogen) atoms. The molecule has 4 aromatic rings. The van der Waals surface area contributed by atoms with Gasteiger partial charge in [-0.1, -0.05) is 12.1 Å². The fraction of sp³-hybridized carbons (Fsp3) is 0.333. The number of anilines is 1. The van der Waals surface area contributed by atoms with E-state index in [4.69, 9.17) is 9.47 Å². The molecule has 7 rings (SSSR count). The van der Waals surface area contributed by atoms with Crippen molar-refractivity contribution in [2.45, 2.75) is 24.9 Å². The quantitative estimate of drug-likeness (QED) is 0.442. The van der Waals surface area contributed by atoms with Crippen LogP contribution in [-0.2, 0) is 0 Å². The highest BCUT2D eigenvalue weighted by molar-refractivity contribution is 5.95. The van der Waals surface area contributed by atoms with Crippen LogP contribution in [0.4, 0.5) is 10.1 Å². The number of benzene rings is 2. The molecular formula is C27H26FN5O2. The third kappa shape index (κ3) is 3.35. The number of hydrogen-bond donors (Lipinski definition) is 1. The van der Waals surface area contributed by atoms with Crippen molar-refractivity contribution in [3.8, 4) is 34.0 Å². The smallest absolute Gasteiger partial charge is 0.143 e. The molecular weight excluding hydrogens is 445 g/mol. The van der Waals surface area contributed by atoms with Crippen molar-refractivity contribution in [2.75, 3.05) is 38.3 Å². The molecule has 3 aliphatic rings. The van der Waals surface area contributed by atoms with E-state index in [2.05, 4.69) is 50.2 Å². The minimum absolute atomic E-state index is 0.361. The summed E-state index contributed by atoms with van der Waals surface area (Å²) >= 11 is 0. The largest absolute Gasteiger partial charge is 0.493 e. The molecule has 0 amide bonds. The number of rotatable bonds is 1. The van der Waals surface area contributed by atoms with Crippen LogP contribution in [0.5, 0.6) is 11.5 Å². The predicted molar refractivity (Wildman–Crippen MR) is 132 cm³/mol. The van der Waals surface area contributed by atoms with Crippen LogP contribution >= 0.6 is 0 Å². The number of aromatic amines is 1. The Balaban J connectivity index is 1.36. The average Bonchev–Trinajstić information content (AvgIpc) is 3.57. The van der Waals surface area contributed by atoms with Crippen molar-refractivity contribution < 1.29 is 13.9 Å². The van der Waals surface area contributed by atoms with Crippen LogP contribution in [0.1, 0.15) is 12.8 Å². The lowest BCUT2D eigenvalue weighted by atomic mass is 10.0. The monoisotopic (exact) mass is 471 g/mol. The number of piperazine rings is 1. The molecule has 3 aliphatic heterocycles. The fourth-order valence-electron chi connectivity index (χ4n) is 5.75. The number of nitrogens with one attached hydrogen (secondary N) is 1. The summed E-state index contributed by atoms with van der Waals surface area (Å²) < 4.78 is 27.3. The Labute approximate surface area is 202 Å². The van der Waals surface area contributed by atoms with Crippen LogP contribution in [0.3, 0.4) is 0 Å². The summed E-state index contributed by atoms with van der Waals surface area (Å²) in [6.07, 6.45) is 3.57. The maximum atomic E-state index is 14.9. The zero-order chi connectivity index (χ0) is 23.5. The van der Waals surface area contributed by atoms with Crippen LogP contribution in [0.15, 0.2) is 48.7 Å². The van der Waals surface area contributed by atoms with Gasteiger partial charge in [0.1, 0.15) is 23.0 Å². The molecule has 6 bridgehead atoms. The fourth-order valence-corrected chi connectivity index (χ4v) is 5.75. The molecule has 8 heteroatoms. The van der Waals surface area contributed by atoms with Gasteiger partial charge >= 0.3 is 0 Å². The Bertz CT molecular complexity index is 1430. The van der Waals surface area contributed by atoms with E-state index in [1.54, 1.807) is 18.3 Å². The highest BCUT2D eigenvalue weighted by Gasteiger charge is 2.42. The Morgan fingerprint density at radius 1 is 1.03 bits per heavy atom. The second-order valence-electron chi connectivity index (χ2n) is 9.67. The molecule has 2 fully saturated rings. The number of likely N-dealkylation sites (tertiary alicyclic amines) is 1. The van der Waals surface area contributed by atoms with Crippen molar-refractivity contribution in [3.05, 3.63) is 54.5 Å². The van der Waals surface area contributed by atoms with Gasteiger partial charge in [0.2, 0.25) is 0 Å². The topological polar surface area (TPSA) is 66.5 Å². The van der Waals surface area contributed by atoms with Gasteiger partial charge in [-0.15, -0.1) is 0 Å². The van der Waals surface area contributed by atoms with E-state index in [0.29, 0.717) is 48.7 Å². The van der Waals surface area contributed by atoms with Crippen molar-refractivity contribution in [2.24, 2.45) is 0 Å². The van der Waals surface area contributed by atoms with Crippen LogP contribution in [0.2, 0.25) is 0 Å². The summed E-state index contributed by atoms with van der Waals surface area (Å²) in [6.45, 7) is 3.02. The maximum Gasteiger partial charge on any atom is 0.143 e. The number of hydrogen-bond acceptors (Lipinski definition) is 6. The molecule has 2 aromatic carbocycles. The molecule has 178 valence electrons. The molecule has 5 heterocycles. The van der Waals surface area contributed by atoms with E-state index >= 15 is 0 Å². The van der Waals surface area contributed by atoms with Crippen LogP contribution in [0, 0.1) is 5.82 Å². The average molecular weight is 472 g/mol. The predicted octanol–water partition coefficient (Wildman–Crippen LogP) is 4.49. The first kappa shape index (κ1) is 20.7. The summed E-state index contributed by atoms with van der Waals surface area (Å²) in [7, 11) is 2.21. The Kier molecular flexibility index (Phi) is 4.70. The Morgan fingerprint density at radius 2 is 1.91 bits per heavy atom. The molecule has 0 aliphatic carbocycles. The first-order valence-corrected chi connectivity index (χ1v) is 12.2. The number of pyridine rings is 1. The lowest BCUT2D eigenvalue weighted by molar-refractivity contribution is 0.246. The number of ether oxygens (including phenoxy) is 2. The number of nitrogens with zero attached hydrogens (tertiary/aromatic N) is 4. The van der Waals surface area contributed by atoms with Crippen LogP contribution in [0.25, 0.3) is 33.4 Å². The van der Waals surface area contributed by atoms with Crippen molar-refractivity contribution >= 4 is 16.6 Å². The number of aromatic nitrogens is 3. The molecule has 2 saturated heterocycles. The van der Waals surface area contributed by atoms with Crippen LogP contribution < -0.4 is 14.4 Å². The molecule has 1 N–H and O–H groups in total. The van der Waals surface area contributed by atoms with E-state index in [9.17, 15) is 4.39 Å². The molecule has 2 aromatic heterocycles. The third-order valence-electron chi connectivity index (χ3n) is 7.54. The molecule has 0 unspecified atom stereocenters. The Morgan fingerprint density at radius 3 is 2.74 bits per heavy atom. The second kappa shape index (κ2) is 7.95. The zero-order valence-electron chi connectivity index (χ0n) is 19.5. The summed E-state index contributed by atoms with van der Waals surface area (Å²) in [6, 6.07) is 14.2. The third-order valence-corrected chi connectivity index (χ3v) is 7.54. The van der Waals surface area contributed by atoms with Gasteiger partial charge in [-0.25, -0.2) is 4.39 Å². The number of likely N-dealkylation sites (N-methyl/N-ethyl adjacent to an activating group) is 1. The van der Waals surface area contributed by atoms with Gasteiger partial charge in [0, 0.05) is 42.5 Å². The van der Waals surface area contributed by atoms with Gasteiger partial charge in [0.05, 0.1) is 41.9 Å². The molecule has 7 nitrogen and oxygen atoms in total. The summed E-state index contributed by atoms with van der Waals surface area (Å²) in [5.74, 6) is 0.988. The molecule has 0 spiro atoms. The van der Waals surface area contributed by atoms with Gasteiger partial charge < -0.3 is 14.4 Å². The van der Waals surface area contributed by atoms with Crippen molar-refractivity contribution in [1.82, 2.24) is 20.1 Å². The lowest BCUT2D eigenvalue weighted by Crippen LogP contribution is -2.44. The SMILES string of the molecule is CN1C[C@H]2C[C@@H]1CN2c1ccc2cc1OCCCOc1cccc(F)c1-c1cc3c-2n[nH]c3cn1. The standard InChI is InChI=1S/C27H26FN5O2/c1-32-14-18-11-17(32)15-33(18)23-7-6-16-10-25(23)35-9-3-8-34-24-5-2-4-20(28)26(24)21-12-19-22(13-29-21)30-31-27(16)19/h2,4-7,10,12-13,17-18H,3,8-9,11,14-15H2,1H3,(H,30,31)/t17-,18-/m1/s1. The second-order valence-corrected chi connectivity index (χ2v) is 9.67. The zero-order valence-corrected chi connectivity index (χ0v) is 19.5. The van der Waals surface area contributed by atoms with E-state index in [-0.39, 0.29) is 5.82 Å². The highest BCUT2D eigenvalue weighted by atomic mass is 19.1. The van der Waals surface area contributed by atoms with Gasteiger partial charge in [-0.05, 0) is 43.8 Å². The summed E-state index contributed by atoms with van der Waals surface area (Å²) in [5.41, 5.74) is 4.56. The van der Waals surface area contributed by atoms with Gasteiger partial charge in [0.15, 0.2) is 0 Å². The number of fused-ring (bicyclic) bond motifs is 8. The van der Waals surface area contributed by atoms with Crippen molar-refractivity contribution in [3.63, 3.8) is 0 Å². The first-order chi connectivity index (χ1) is 17.2. The maximum absolute atomic E-state index is 14.9. The normalized spacial score (nSPS) is 21.6. The number of H-pyrrole nitrogens is 1. The minimum atomic E-state index is -0.361. The highest BCUT2D eigenvalue weighted by Crippen LogP contribution is 2.42. The van der Waals surface area contributed by atoms with E-state index in [1.165, 1.54) is 12.5 Å². The summed E-state index contributed by atoms with van der Waals surface area (Å²) in [4.78, 5) is 9.46. The Hall–Kier alpha value is -3.65. The van der Waals surface area contributed by atoms with Gasteiger partial charge in [0.25, 0.3) is 0 Å². The molecule has 2 atom stereocenters. The van der Waals surface area contributed by atoms with Crippen molar-refractivity contribution in [1.29, 1.82) is 0 Å².